The number of hydrogen-bond donors (Lipinski definition) is 1. The number of nitrogens with zero attached hydrogens (tertiary/aromatic N) is 2. The summed E-state index contributed by atoms with van der Waals surface area (Å²) in [6.45, 7) is 0. The molecule has 5 heteroatoms. The van der Waals surface area contributed by atoms with Gasteiger partial charge in [0.15, 0.2) is 0 Å². The predicted octanol–water partition coefficient (Wildman–Crippen LogP) is 2.18. The molecule has 2 N–H and O–H groups in total. The molecule has 0 spiro atoms. The average molecular weight is 276 g/mol. The van der Waals surface area contributed by atoms with Crippen LogP contribution >= 0.6 is 11.6 Å². The lowest BCUT2D eigenvalue weighted by molar-refractivity contribution is -0.114. The molecule has 98 valence electrons. The standard InChI is InChI=1S/C14H14ClN3O/c1-18(2)8-7-12(13(9-16)14(17)19)10-3-5-11(15)6-4-10/h3-8H,1-2H3,(H2,17,19)/b8-7?,13-12+. The number of carbonyl (C=O) groups is 1. The maximum absolute atomic E-state index is 11.3. The van der Waals surface area contributed by atoms with Crippen molar-refractivity contribution in [2.45, 2.75) is 0 Å². The number of nitrogens with two attached hydrogens (primary N) is 1. The summed E-state index contributed by atoms with van der Waals surface area (Å²) < 4.78 is 0. The molecule has 19 heavy (non-hydrogen) atoms. The van der Waals surface area contributed by atoms with E-state index in [0.717, 1.165) is 0 Å². The molecule has 0 fully saturated rings. The smallest absolute Gasteiger partial charge is 0.259 e. The first-order valence-corrected chi connectivity index (χ1v) is 5.88. The third kappa shape index (κ3) is 4.16. The highest BCUT2D eigenvalue weighted by molar-refractivity contribution is 6.30. The molecule has 1 amide bonds. The topological polar surface area (TPSA) is 70.1 Å². The zero-order valence-corrected chi connectivity index (χ0v) is 11.5. The van der Waals surface area contributed by atoms with Crippen LogP contribution in [0.2, 0.25) is 5.02 Å². The average Bonchev–Trinajstić information content (AvgIpc) is 2.35. The number of rotatable bonds is 4. The molecule has 0 saturated heterocycles. The van der Waals surface area contributed by atoms with Crippen LogP contribution in [0.3, 0.4) is 0 Å². The normalized spacial score (nSPS) is 11.9. The minimum atomic E-state index is -0.754. The van der Waals surface area contributed by atoms with Gasteiger partial charge in [0, 0.05) is 24.7 Å². The summed E-state index contributed by atoms with van der Waals surface area (Å²) in [4.78, 5) is 13.1. The van der Waals surface area contributed by atoms with Crippen LogP contribution in [0, 0.1) is 11.3 Å². The van der Waals surface area contributed by atoms with Crippen LogP contribution in [0.5, 0.6) is 0 Å². The van der Waals surface area contributed by atoms with Crippen LogP contribution in [-0.4, -0.2) is 24.9 Å². The molecule has 4 nitrogen and oxygen atoms in total. The van der Waals surface area contributed by atoms with Crippen LogP contribution < -0.4 is 5.73 Å². The van der Waals surface area contributed by atoms with Crippen molar-refractivity contribution in [3.8, 4) is 6.07 Å². The second kappa shape index (κ2) is 6.62. The third-order valence-electron chi connectivity index (χ3n) is 2.32. The molecular weight excluding hydrogens is 262 g/mol. The first-order chi connectivity index (χ1) is 8.95. The third-order valence-corrected chi connectivity index (χ3v) is 2.57. The van der Waals surface area contributed by atoms with E-state index < -0.39 is 5.91 Å². The van der Waals surface area contributed by atoms with Crippen LogP contribution in [0.4, 0.5) is 0 Å². The quantitative estimate of drug-likeness (QED) is 0.520. The van der Waals surface area contributed by atoms with Crippen molar-refractivity contribution in [3.63, 3.8) is 0 Å². The van der Waals surface area contributed by atoms with Gasteiger partial charge in [0.25, 0.3) is 5.91 Å². The molecule has 0 aromatic heterocycles. The van der Waals surface area contributed by atoms with Gasteiger partial charge < -0.3 is 10.6 Å². The molecule has 0 saturated carbocycles. The summed E-state index contributed by atoms with van der Waals surface area (Å²) in [6.07, 6.45) is 3.41. The summed E-state index contributed by atoms with van der Waals surface area (Å²) in [5.74, 6) is -0.754. The molecule has 0 bridgehead atoms. The number of halogens is 1. The molecule has 0 aliphatic rings. The largest absolute Gasteiger partial charge is 0.383 e. The Kier molecular flexibility index (Phi) is 5.16. The lowest BCUT2D eigenvalue weighted by Gasteiger charge is -2.08. The van der Waals surface area contributed by atoms with Gasteiger partial charge in [0.05, 0.1) is 0 Å². The van der Waals surface area contributed by atoms with Gasteiger partial charge in [-0.1, -0.05) is 23.7 Å². The number of nitriles is 1. The lowest BCUT2D eigenvalue weighted by atomic mass is 10.00. The summed E-state index contributed by atoms with van der Waals surface area (Å²) >= 11 is 5.82. The summed E-state index contributed by atoms with van der Waals surface area (Å²) in [6, 6.07) is 8.69. The van der Waals surface area contributed by atoms with Crippen LogP contribution in [0.1, 0.15) is 5.56 Å². The van der Waals surface area contributed by atoms with Crippen LogP contribution in [-0.2, 0) is 4.79 Å². The van der Waals surface area contributed by atoms with Crippen molar-refractivity contribution in [3.05, 3.63) is 52.7 Å². The second-order valence-electron chi connectivity index (χ2n) is 4.05. The van der Waals surface area contributed by atoms with E-state index in [0.29, 0.717) is 16.2 Å². The minimum absolute atomic E-state index is 0.0829. The molecular formula is C14H14ClN3O. The van der Waals surface area contributed by atoms with Gasteiger partial charge in [-0.2, -0.15) is 5.26 Å². The molecule has 0 atom stereocenters. The van der Waals surface area contributed by atoms with Crippen molar-refractivity contribution in [1.29, 1.82) is 5.26 Å². The maximum atomic E-state index is 11.3. The van der Waals surface area contributed by atoms with Crippen molar-refractivity contribution in [2.75, 3.05) is 14.1 Å². The number of amides is 1. The van der Waals surface area contributed by atoms with E-state index in [1.54, 1.807) is 41.4 Å². The Bertz CT molecular complexity index is 565. The maximum Gasteiger partial charge on any atom is 0.259 e. The Hall–Kier alpha value is -2.25. The Morgan fingerprint density at radius 1 is 1.37 bits per heavy atom. The Labute approximate surface area is 117 Å². The molecule has 0 radical (unpaired) electrons. The van der Waals surface area contributed by atoms with E-state index in [-0.39, 0.29) is 5.57 Å². The molecule has 0 unspecified atom stereocenters. The second-order valence-corrected chi connectivity index (χ2v) is 4.49. The fourth-order valence-corrected chi connectivity index (χ4v) is 1.55. The highest BCUT2D eigenvalue weighted by Gasteiger charge is 2.12. The SMILES string of the molecule is CN(C)C=C/C(=C(/C#N)C(N)=O)c1ccc(Cl)cc1. The van der Waals surface area contributed by atoms with E-state index >= 15 is 0 Å². The van der Waals surface area contributed by atoms with E-state index in [1.807, 2.05) is 20.2 Å². The number of primary amides is 1. The van der Waals surface area contributed by atoms with Crippen molar-refractivity contribution in [1.82, 2.24) is 4.90 Å². The van der Waals surface area contributed by atoms with Gasteiger partial charge in [-0.15, -0.1) is 0 Å². The molecule has 0 heterocycles. The van der Waals surface area contributed by atoms with Gasteiger partial charge in [-0.3, -0.25) is 4.79 Å². The van der Waals surface area contributed by atoms with E-state index in [4.69, 9.17) is 22.6 Å². The minimum Gasteiger partial charge on any atom is -0.383 e. The Balaban J connectivity index is 3.39. The van der Waals surface area contributed by atoms with Crippen LogP contribution in [0.15, 0.2) is 42.1 Å². The molecule has 0 aliphatic heterocycles. The van der Waals surface area contributed by atoms with Gasteiger partial charge in [0.2, 0.25) is 0 Å². The summed E-state index contributed by atoms with van der Waals surface area (Å²) in [7, 11) is 3.68. The fraction of sp³-hybridized carbons (Fsp3) is 0.143. The van der Waals surface area contributed by atoms with Gasteiger partial charge in [-0.05, 0) is 30.0 Å². The molecule has 1 aromatic rings. The number of hydrogen-bond acceptors (Lipinski definition) is 3. The summed E-state index contributed by atoms with van der Waals surface area (Å²) in [5, 5.41) is 9.65. The number of carbonyl (C=O) groups excluding carboxylic acids is 1. The van der Waals surface area contributed by atoms with E-state index in [9.17, 15) is 4.79 Å². The monoisotopic (exact) mass is 275 g/mol. The van der Waals surface area contributed by atoms with Gasteiger partial charge in [0.1, 0.15) is 11.6 Å². The number of allylic oxidation sites excluding steroid dienone is 2. The molecule has 0 aliphatic carbocycles. The number of benzene rings is 1. The Morgan fingerprint density at radius 3 is 2.37 bits per heavy atom. The molecule has 1 rings (SSSR count). The van der Waals surface area contributed by atoms with Gasteiger partial charge in [-0.25, -0.2) is 0 Å². The first kappa shape index (κ1) is 14.8. The zero-order chi connectivity index (χ0) is 14.4. The fourth-order valence-electron chi connectivity index (χ4n) is 1.43. The summed E-state index contributed by atoms with van der Waals surface area (Å²) in [5.41, 5.74) is 6.32. The highest BCUT2D eigenvalue weighted by Crippen LogP contribution is 2.22. The highest BCUT2D eigenvalue weighted by atomic mass is 35.5. The van der Waals surface area contributed by atoms with E-state index in [2.05, 4.69) is 0 Å². The lowest BCUT2D eigenvalue weighted by Crippen LogP contribution is -2.14. The van der Waals surface area contributed by atoms with Gasteiger partial charge >= 0.3 is 0 Å². The molecule has 1 aromatic carbocycles. The van der Waals surface area contributed by atoms with E-state index in [1.165, 1.54) is 0 Å². The first-order valence-electron chi connectivity index (χ1n) is 5.50. The van der Waals surface area contributed by atoms with Crippen molar-refractivity contribution < 1.29 is 4.79 Å². The predicted molar refractivity (Wildman–Crippen MR) is 76.0 cm³/mol. The van der Waals surface area contributed by atoms with Crippen LogP contribution in [0.25, 0.3) is 5.57 Å². The Morgan fingerprint density at radius 2 is 1.95 bits per heavy atom. The van der Waals surface area contributed by atoms with Crippen molar-refractivity contribution in [2.24, 2.45) is 5.73 Å². The zero-order valence-electron chi connectivity index (χ0n) is 10.7. The van der Waals surface area contributed by atoms with Crippen molar-refractivity contribution >= 4 is 23.1 Å².